The predicted molar refractivity (Wildman–Crippen MR) is 109 cm³/mol. The van der Waals surface area contributed by atoms with Crippen molar-refractivity contribution >= 4 is 5.69 Å². The fourth-order valence-electron chi connectivity index (χ4n) is 3.74. The van der Waals surface area contributed by atoms with Gasteiger partial charge in [0.1, 0.15) is 5.82 Å². The molecule has 0 saturated carbocycles. The summed E-state index contributed by atoms with van der Waals surface area (Å²) in [6.45, 7) is 6.40. The van der Waals surface area contributed by atoms with Gasteiger partial charge < -0.3 is 19.7 Å². The highest BCUT2D eigenvalue weighted by Crippen LogP contribution is 2.30. The molecule has 0 unspecified atom stereocenters. The molecule has 2 aliphatic rings. The number of aryl methyl sites for hydroxylation is 1. The molecule has 2 heterocycles. The Hall–Kier alpha value is -2.46. The van der Waals surface area contributed by atoms with Crippen LogP contribution in [0.5, 0.6) is 0 Å². The smallest absolute Gasteiger partial charge is 0.159 e. The van der Waals surface area contributed by atoms with Crippen molar-refractivity contribution in [3.05, 3.63) is 65.0 Å². The van der Waals surface area contributed by atoms with Gasteiger partial charge in [-0.2, -0.15) is 5.26 Å². The largest absolute Gasteiger partial charge is 0.367 e. The van der Waals surface area contributed by atoms with Crippen molar-refractivity contribution in [2.45, 2.75) is 26.2 Å². The average molecular weight is 395 g/mol. The molecular formula is C23H26FN3O2. The van der Waals surface area contributed by atoms with Crippen LogP contribution >= 0.6 is 0 Å². The lowest BCUT2D eigenvalue weighted by molar-refractivity contribution is -0.239. The summed E-state index contributed by atoms with van der Waals surface area (Å²) in [5.74, 6) is -0.194. The van der Waals surface area contributed by atoms with Gasteiger partial charge in [0, 0.05) is 43.7 Å². The lowest BCUT2D eigenvalue weighted by Crippen LogP contribution is -2.61. The summed E-state index contributed by atoms with van der Waals surface area (Å²) in [4.78, 5) is 2.17. The van der Waals surface area contributed by atoms with E-state index in [1.807, 2.05) is 18.2 Å². The van der Waals surface area contributed by atoms with E-state index in [0.29, 0.717) is 24.2 Å². The Labute approximate surface area is 171 Å². The van der Waals surface area contributed by atoms with Crippen molar-refractivity contribution in [3.63, 3.8) is 0 Å². The second-order valence-electron chi connectivity index (χ2n) is 8.11. The molecule has 2 saturated heterocycles. The summed E-state index contributed by atoms with van der Waals surface area (Å²) in [7, 11) is 0. The second-order valence-corrected chi connectivity index (χ2v) is 8.11. The first-order chi connectivity index (χ1) is 14.1. The van der Waals surface area contributed by atoms with Crippen LogP contribution in [0.25, 0.3) is 0 Å². The summed E-state index contributed by atoms with van der Waals surface area (Å²) in [6, 6.07) is 15.0. The summed E-state index contributed by atoms with van der Waals surface area (Å²) < 4.78 is 25.9. The molecule has 29 heavy (non-hydrogen) atoms. The molecule has 1 spiro atoms. The van der Waals surface area contributed by atoms with Crippen LogP contribution in [0.1, 0.15) is 23.1 Å². The number of hydrogen-bond acceptors (Lipinski definition) is 5. The monoisotopic (exact) mass is 395 g/mol. The Morgan fingerprint density at radius 2 is 1.90 bits per heavy atom. The minimum atomic E-state index is -0.225. The molecule has 2 fully saturated rings. The third kappa shape index (κ3) is 4.59. The zero-order valence-corrected chi connectivity index (χ0v) is 16.7. The van der Waals surface area contributed by atoms with E-state index in [-0.39, 0.29) is 17.5 Å². The molecule has 5 nitrogen and oxygen atoms in total. The standard InChI is InChI=1S/C23H26FN3O2/c1-17-2-3-19(10-21(17)24)12-27(20-6-4-18(11-25)5-7-20)9-8-22-28-15-23(16-29-22)13-26-14-23/h2-7,10,22,26H,8-9,12-16H2,1H3. The van der Waals surface area contributed by atoms with Gasteiger partial charge in [-0.05, 0) is 48.4 Å². The highest BCUT2D eigenvalue weighted by atomic mass is 19.1. The minimum absolute atomic E-state index is 0.155. The highest BCUT2D eigenvalue weighted by Gasteiger charge is 2.41. The van der Waals surface area contributed by atoms with Gasteiger partial charge in [-0.15, -0.1) is 0 Å². The van der Waals surface area contributed by atoms with Gasteiger partial charge in [0.05, 0.1) is 24.8 Å². The molecule has 2 aromatic carbocycles. The lowest BCUT2D eigenvalue weighted by Gasteiger charge is -2.46. The summed E-state index contributed by atoms with van der Waals surface area (Å²) in [6.07, 6.45) is 0.495. The first-order valence-corrected chi connectivity index (χ1v) is 10.0. The summed E-state index contributed by atoms with van der Waals surface area (Å²) in [5.41, 5.74) is 3.31. The molecule has 0 atom stereocenters. The SMILES string of the molecule is Cc1ccc(CN(CCC2OCC3(CNC3)CO2)c2ccc(C#N)cc2)cc1F. The number of nitriles is 1. The van der Waals surface area contributed by atoms with Gasteiger partial charge in [0.2, 0.25) is 0 Å². The number of hydrogen-bond donors (Lipinski definition) is 1. The Morgan fingerprint density at radius 1 is 1.17 bits per heavy atom. The third-order valence-corrected chi connectivity index (χ3v) is 5.76. The summed E-state index contributed by atoms with van der Waals surface area (Å²) in [5, 5.41) is 12.3. The molecule has 2 aromatic rings. The number of benzene rings is 2. The van der Waals surface area contributed by atoms with Gasteiger partial charge in [0.25, 0.3) is 0 Å². The number of anilines is 1. The molecule has 2 aliphatic heterocycles. The zero-order chi connectivity index (χ0) is 20.3. The number of nitrogens with zero attached hydrogens (tertiary/aromatic N) is 2. The minimum Gasteiger partial charge on any atom is -0.367 e. The van der Waals surface area contributed by atoms with E-state index >= 15 is 0 Å². The Morgan fingerprint density at radius 3 is 2.48 bits per heavy atom. The third-order valence-electron chi connectivity index (χ3n) is 5.76. The van der Waals surface area contributed by atoms with Crippen LogP contribution < -0.4 is 10.2 Å². The van der Waals surface area contributed by atoms with E-state index in [9.17, 15) is 4.39 Å². The van der Waals surface area contributed by atoms with Gasteiger partial charge >= 0.3 is 0 Å². The van der Waals surface area contributed by atoms with Crippen molar-refractivity contribution in [2.75, 3.05) is 37.7 Å². The first-order valence-electron chi connectivity index (χ1n) is 10.0. The van der Waals surface area contributed by atoms with Crippen LogP contribution in [0.2, 0.25) is 0 Å². The van der Waals surface area contributed by atoms with E-state index in [1.165, 1.54) is 0 Å². The molecule has 0 bridgehead atoms. The van der Waals surface area contributed by atoms with Crippen LogP contribution in [-0.4, -0.2) is 39.1 Å². The normalized spacial score (nSPS) is 18.2. The molecule has 0 aromatic heterocycles. The first kappa shape index (κ1) is 19.8. The van der Waals surface area contributed by atoms with Crippen molar-refractivity contribution < 1.29 is 13.9 Å². The van der Waals surface area contributed by atoms with E-state index < -0.39 is 0 Å². The molecule has 1 N–H and O–H groups in total. The fraction of sp³-hybridized carbons (Fsp3) is 0.435. The van der Waals surface area contributed by atoms with E-state index in [4.69, 9.17) is 14.7 Å². The van der Waals surface area contributed by atoms with Crippen molar-refractivity contribution in [1.29, 1.82) is 5.26 Å². The van der Waals surface area contributed by atoms with Crippen LogP contribution in [0, 0.1) is 29.5 Å². The maximum Gasteiger partial charge on any atom is 0.159 e. The van der Waals surface area contributed by atoms with Crippen molar-refractivity contribution in [2.24, 2.45) is 5.41 Å². The molecular weight excluding hydrogens is 369 g/mol. The number of halogens is 1. The highest BCUT2D eigenvalue weighted by molar-refractivity contribution is 5.50. The molecule has 152 valence electrons. The zero-order valence-electron chi connectivity index (χ0n) is 16.7. The lowest BCUT2D eigenvalue weighted by atomic mass is 9.83. The van der Waals surface area contributed by atoms with Crippen LogP contribution in [0.15, 0.2) is 42.5 Å². The second kappa shape index (κ2) is 8.50. The Balaban J connectivity index is 1.43. The summed E-state index contributed by atoms with van der Waals surface area (Å²) >= 11 is 0. The van der Waals surface area contributed by atoms with Crippen molar-refractivity contribution in [1.82, 2.24) is 5.32 Å². The van der Waals surface area contributed by atoms with E-state index in [0.717, 1.165) is 44.0 Å². The van der Waals surface area contributed by atoms with Gasteiger partial charge in [-0.25, -0.2) is 4.39 Å². The average Bonchev–Trinajstić information content (AvgIpc) is 2.73. The predicted octanol–water partition coefficient (Wildman–Crippen LogP) is 3.37. The molecule has 0 radical (unpaired) electrons. The van der Waals surface area contributed by atoms with E-state index in [1.54, 1.807) is 31.2 Å². The molecule has 0 aliphatic carbocycles. The van der Waals surface area contributed by atoms with Crippen LogP contribution in [0.3, 0.4) is 0 Å². The molecule has 6 heteroatoms. The van der Waals surface area contributed by atoms with Gasteiger partial charge in [0.15, 0.2) is 6.29 Å². The van der Waals surface area contributed by atoms with Gasteiger partial charge in [-0.1, -0.05) is 12.1 Å². The van der Waals surface area contributed by atoms with E-state index in [2.05, 4.69) is 16.3 Å². The molecule has 4 rings (SSSR count). The van der Waals surface area contributed by atoms with Crippen LogP contribution in [0.4, 0.5) is 10.1 Å². The number of rotatable bonds is 6. The topological polar surface area (TPSA) is 57.5 Å². The van der Waals surface area contributed by atoms with Crippen LogP contribution in [-0.2, 0) is 16.0 Å². The fourth-order valence-corrected chi connectivity index (χ4v) is 3.74. The number of nitrogens with one attached hydrogen (secondary N) is 1. The molecule has 0 amide bonds. The maximum absolute atomic E-state index is 14.0. The Bertz CT molecular complexity index is 880. The number of ether oxygens (including phenoxy) is 2. The van der Waals surface area contributed by atoms with Crippen molar-refractivity contribution in [3.8, 4) is 6.07 Å². The van der Waals surface area contributed by atoms with Gasteiger partial charge in [-0.3, -0.25) is 0 Å². The maximum atomic E-state index is 14.0. The quantitative estimate of drug-likeness (QED) is 0.813. The Kier molecular flexibility index (Phi) is 5.81.